The second-order valence-electron chi connectivity index (χ2n) is 3.56. The quantitative estimate of drug-likeness (QED) is 0.796. The van der Waals surface area contributed by atoms with Crippen LogP contribution in [0.4, 0.5) is 10.1 Å². The van der Waals surface area contributed by atoms with E-state index in [1.807, 2.05) is 0 Å². The summed E-state index contributed by atoms with van der Waals surface area (Å²) in [6.07, 6.45) is 1.43. The van der Waals surface area contributed by atoms with Crippen LogP contribution >= 0.6 is 27.5 Å². The summed E-state index contributed by atoms with van der Waals surface area (Å²) >= 11 is 9.17. The van der Waals surface area contributed by atoms with Crippen molar-refractivity contribution in [2.75, 3.05) is 0 Å². The molecule has 0 amide bonds. The highest BCUT2D eigenvalue weighted by molar-refractivity contribution is 9.10. The smallest absolute Gasteiger partial charge is 0.125 e. The van der Waals surface area contributed by atoms with Crippen molar-refractivity contribution in [1.82, 2.24) is 0 Å². The number of halogens is 3. The summed E-state index contributed by atoms with van der Waals surface area (Å²) in [6, 6.07) is 8.88. The van der Waals surface area contributed by atoms with Crippen molar-refractivity contribution < 1.29 is 9.50 Å². The first-order chi connectivity index (χ1) is 8.56. The maximum absolute atomic E-state index is 13.0. The molecule has 0 saturated carbocycles. The summed E-state index contributed by atoms with van der Waals surface area (Å²) in [5.41, 5.74) is 0.834. The maximum atomic E-state index is 13.0. The first-order valence-corrected chi connectivity index (χ1v) is 6.21. The molecule has 0 aliphatic rings. The molecule has 0 aliphatic heterocycles. The average molecular weight is 329 g/mol. The van der Waals surface area contributed by atoms with Gasteiger partial charge in [-0.3, -0.25) is 4.99 Å². The highest BCUT2D eigenvalue weighted by atomic mass is 79.9. The van der Waals surface area contributed by atoms with Crippen molar-refractivity contribution in [2.45, 2.75) is 0 Å². The molecule has 2 aromatic carbocycles. The number of phenols is 1. The van der Waals surface area contributed by atoms with Gasteiger partial charge in [-0.05, 0) is 30.3 Å². The number of rotatable bonds is 2. The van der Waals surface area contributed by atoms with Gasteiger partial charge >= 0.3 is 0 Å². The molecule has 2 rings (SSSR count). The number of phenolic OH excluding ortho intramolecular Hbond substituents is 1. The van der Waals surface area contributed by atoms with E-state index in [1.165, 1.54) is 24.4 Å². The van der Waals surface area contributed by atoms with Crippen molar-refractivity contribution >= 4 is 39.4 Å². The Labute approximate surface area is 117 Å². The molecule has 0 spiro atoms. The van der Waals surface area contributed by atoms with Gasteiger partial charge in [-0.15, -0.1) is 0 Å². The van der Waals surface area contributed by atoms with Gasteiger partial charge in [0.1, 0.15) is 11.6 Å². The lowest BCUT2D eigenvalue weighted by Gasteiger charge is -2.00. The van der Waals surface area contributed by atoms with Gasteiger partial charge < -0.3 is 5.11 Å². The predicted molar refractivity (Wildman–Crippen MR) is 74.5 cm³/mol. The Morgan fingerprint density at radius 1 is 1.22 bits per heavy atom. The zero-order valence-corrected chi connectivity index (χ0v) is 11.4. The van der Waals surface area contributed by atoms with E-state index in [9.17, 15) is 9.50 Å². The van der Waals surface area contributed by atoms with Gasteiger partial charge in [-0.1, -0.05) is 27.5 Å². The Morgan fingerprint density at radius 2 is 2.00 bits per heavy atom. The predicted octanol–water partition coefficient (Wildman–Crippen LogP) is 4.70. The van der Waals surface area contributed by atoms with E-state index in [2.05, 4.69) is 20.9 Å². The van der Waals surface area contributed by atoms with Crippen LogP contribution in [0.5, 0.6) is 5.75 Å². The van der Waals surface area contributed by atoms with E-state index in [1.54, 1.807) is 18.2 Å². The van der Waals surface area contributed by atoms with Crippen molar-refractivity contribution in [2.24, 2.45) is 4.99 Å². The van der Waals surface area contributed by atoms with Crippen molar-refractivity contribution in [3.63, 3.8) is 0 Å². The van der Waals surface area contributed by atoms with Crippen molar-refractivity contribution in [1.29, 1.82) is 0 Å². The number of nitrogens with zero attached hydrogens (tertiary/aromatic N) is 1. The molecule has 92 valence electrons. The molecule has 0 saturated heterocycles. The minimum absolute atomic E-state index is 0.0921. The van der Waals surface area contributed by atoms with Crippen LogP contribution in [0, 0.1) is 5.82 Å². The standard InChI is InChI=1S/C13H8BrClFNO/c14-9-1-4-13(18)8(5-9)7-17-12-6-10(16)2-3-11(12)15/h1-7,18H. The zero-order valence-electron chi connectivity index (χ0n) is 9.07. The van der Waals surface area contributed by atoms with Crippen LogP contribution < -0.4 is 0 Å². The summed E-state index contributed by atoms with van der Waals surface area (Å²) in [6.45, 7) is 0. The minimum atomic E-state index is -0.412. The van der Waals surface area contributed by atoms with Gasteiger partial charge in [-0.2, -0.15) is 0 Å². The third-order valence-corrected chi connectivity index (χ3v) is 3.05. The molecule has 0 atom stereocenters. The first-order valence-electron chi connectivity index (χ1n) is 5.04. The van der Waals surface area contributed by atoms with E-state index in [0.717, 1.165) is 4.47 Å². The van der Waals surface area contributed by atoms with Crippen LogP contribution in [-0.2, 0) is 0 Å². The van der Waals surface area contributed by atoms with Crippen LogP contribution in [-0.4, -0.2) is 11.3 Å². The van der Waals surface area contributed by atoms with Gasteiger partial charge in [0.05, 0.1) is 10.7 Å². The Hall–Kier alpha value is -1.39. The fourth-order valence-corrected chi connectivity index (χ4v) is 1.90. The first kappa shape index (κ1) is 13.1. The number of hydrogen-bond acceptors (Lipinski definition) is 2. The molecule has 1 N–H and O–H groups in total. The zero-order chi connectivity index (χ0) is 13.1. The number of hydrogen-bond donors (Lipinski definition) is 1. The Balaban J connectivity index is 2.35. The highest BCUT2D eigenvalue weighted by Crippen LogP contribution is 2.26. The largest absolute Gasteiger partial charge is 0.507 e. The van der Waals surface area contributed by atoms with Crippen LogP contribution in [0.2, 0.25) is 5.02 Å². The van der Waals surface area contributed by atoms with Crippen LogP contribution in [0.3, 0.4) is 0 Å². The lowest BCUT2D eigenvalue weighted by atomic mass is 10.2. The van der Waals surface area contributed by atoms with Gasteiger partial charge in [0, 0.05) is 22.3 Å². The lowest BCUT2D eigenvalue weighted by Crippen LogP contribution is -1.83. The molecular weight excluding hydrogens is 321 g/mol. The van der Waals surface area contributed by atoms with E-state index in [4.69, 9.17) is 11.6 Å². The van der Waals surface area contributed by atoms with Crippen LogP contribution in [0.15, 0.2) is 45.9 Å². The Kier molecular flexibility index (Phi) is 3.99. The van der Waals surface area contributed by atoms with Gasteiger partial charge in [-0.25, -0.2) is 4.39 Å². The molecule has 0 aromatic heterocycles. The second-order valence-corrected chi connectivity index (χ2v) is 4.88. The highest BCUT2D eigenvalue weighted by Gasteiger charge is 2.02. The lowest BCUT2D eigenvalue weighted by molar-refractivity contribution is 0.474. The average Bonchev–Trinajstić information content (AvgIpc) is 2.34. The van der Waals surface area contributed by atoms with Gasteiger partial charge in [0.2, 0.25) is 0 Å². The van der Waals surface area contributed by atoms with E-state index in [-0.39, 0.29) is 5.75 Å². The number of aliphatic imine (C=N–C) groups is 1. The third-order valence-electron chi connectivity index (χ3n) is 2.24. The van der Waals surface area contributed by atoms with Gasteiger partial charge in [0.15, 0.2) is 0 Å². The molecule has 0 radical (unpaired) electrons. The molecule has 5 heteroatoms. The molecule has 2 nitrogen and oxygen atoms in total. The van der Waals surface area contributed by atoms with E-state index >= 15 is 0 Å². The molecule has 18 heavy (non-hydrogen) atoms. The van der Waals surface area contributed by atoms with Gasteiger partial charge in [0.25, 0.3) is 0 Å². The fourth-order valence-electron chi connectivity index (χ4n) is 1.35. The van der Waals surface area contributed by atoms with E-state index in [0.29, 0.717) is 16.3 Å². The summed E-state index contributed by atoms with van der Waals surface area (Å²) in [5, 5.41) is 9.97. The Bertz CT molecular complexity index is 562. The molecule has 0 unspecified atom stereocenters. The minimum Gasteiger partial charge on any atom is -0.507 e. The van der Waals surface area contributed by atoms with Crippen LogP contribution in [0.25, 0.3) is 0 Å². The van der Waals surface area contributed by atoms with Crippen molar-refractivity contribution in [3.8, 4) is 5.75 Å². The fraction of sp³-hybridized carbons (Fsp3) is 0. The summed E-state index contributed by atoms with van der Waals surface area (Å²) in [5.74, 6) is -0.320. The second kappa shape index (κ2) is 5.50. The molecule has 0 aliphatic carbocycles. The number of aromatic hydroxyl groups is 1. The molecule has 0 heterocycles. The third kappa shape index (κ3) is 3.09. The molecular formula is C13H8BrClFNO. The normalized spacial score (nSPS) is 11.1. The summed E-state index contributed by atoms with van der Waals surface area (Å²) in [7, 11) is 0. The van der Waals surface area contributed by atoms with Crippen LogP contribution in [0.1, 0.15) is 5.56 Å². The Morgan fingerprint density at radius 3 is 2.78 bits per heavy atom. The van der Waals surface area contributed by atoms with E-state index < -0.39 is 5.82 Å². The molecule has 0 fully saturated rings. The molecule has 2 aromatic rings. The SMILES string of the molecule is Oc1ccc(Br)cc1C=Nc1cc(F)ccc1Cl. The summed E-state index contributed by atoms with van der Waals surface area (Å²) in [4.78, 5) is 4.06. The summed E-state index contributed by atoms with van der Waals surface area (Å²) < 4.78 is 13.8. The van der Waals surface area contributed by atoms with Crippen molar-refractivity contribution in [3.05, 3.63) is 57.3 Å². The molecule has 0 bridgehead atoms. The monoisotopic (exact) mass is 327 g/mol. The topological polar surface area (TPSA) is 32.6 Å². The number of benzene rings is 2. The maximum Gasteiger partial charge on any atom is 0.125 e.